The highest BCUT2D eigenvalue weighted by molar-refractivity contribution is 7.89. The quantitative estimate of drug-likeness (QED) is 0.675. The average molecular weight is 394 g/mol. The molecule has 0 saturated heterocycles. The van der Waals surface area contributed by atoms with Crippen molar-refractivity contribution in [3.63, 3.8) is 0 Å². The zero-order valence-corrected chi connectivity index (χ0v) is 15.8. The lowest BCUT2D eigenvalue weighted by atomic mass is 10.3. The molecule has 0 heterocycles. The van der Waals surface area contributed by atoms with Crippen molar-refractivity contribution in [2.24, 2.45) is 0 Å². The molecule has 0 bridgehead atoms. The number of nitrogens with one attached hydrogen (secondary N) is 2. The molecule has 2 aromatic carbocycles. The lowest BCUT2D eigenvalue weighted by molar-refractivity contribution is -0.114. The van der Waals surface area contributed by atoms with Gasteiger partial charge in [0.2, 0.25) is 15.9 Å². The van der Waals surface area contributed by atoms with E-state index in [9.17, 15) is 13.2 Å². The van der Waals surface area contributed by atoms with Crippen LogP contribution < -0.4 is 10.6 Å². The van der Waals surface area contributed by atoms with E-state index in [-0.39, 0.29) is 23.9 Å². The Morgan fingerprint density at radius 3 is 2.50 bits per heavy atom. The minimum Gasteiger partial charge on any atom is -0.376 e. The summed E-state index contributed by atoms with van der Waals surface area (Å²) in [6, 6.07) is 13.1. The molecule has 0 aliphatic rings. The second kappa shape index (κ2) is 8.84. The number of hydrogen-bond donors (Lipinski definition) is 2. The summed E-state index contributed by atoms with van der Waals surface area (Å²) in [6.45, 7) is 3.80. The summed E-state index contributed by atoms with van der Waals surface area (Å²) in [7, 11) is -2.06. The van der Waals surface area contributed by atoms with E-state index < -0.39 is 10.0 Å². The van der Waals surface area contributed by atoms with E-state index in [1.807, 2.05) is 0 Å². The summed E-state index contributed by atoms with van der Waals surface area (Å²) in [4.78, 5) is 12.1. The number of carbonyl (C=O) groups is 1. The predicted molar refractivity (Wildman–Crippen MR) is 105 cm³/mol. The fourth-order valence-corrected chi connectivity index (χ4v) is 3.49. The molecule has 2 rings (SSSR count). The van der Waals surface area contributed by atoms with Crippen LogP contribution in [-0.4, -0.2) is 38.8 Å². The molecule has 1 amide bonds. The number of nitrogens with zero attached hydrogens (tertiary/aromatic N) is 1. The van der Waals surface area contributed by atoms with Crippen LogP contribution in [0.25, 0.3) is 0 Å². The van der Waals surface area contributed by atoms with Crippen molar-refractivity contribution in [3.05, 3.63) is 66.2 Å². The second-order valence-corrected chi connectivity index (χ2v) is 7.99. The highest BCUT2D eigenvalue weighted by atomic mass is 35.5. The predicted octanol–water partition coefficient (Wildman–Crippen LogP) is 3.20. The van der Waals surface area contributed by atoms with E-state index in [0.717, 1.165) is 0 Å². The third kappa shape index (κ3) is 5.32. The largest absolute Gasteiger partial charge is 0.376 e. The number of likely N-dealkylation sites (N-methyl/N-ethyl adjacent to an activating group) is 1. The second-order valence-electron chi connectivity index (χ2n) is 5.51. The maximum Gasteiger partial charge on any atom is 0.243 e. The van der Waals surface area contributed by atoms with Crippen LogP contribution >= 0.6 is 11.6 Å². The number of amides is 1. The first-order chi connectivity index (χ1) is 12.3. The molecule has 0 fully saturated rings. The topological polar surface area (TPSA) is 78.5 Å². The average Bonchev–Trinajstić information content (AvgIpc) is 2.60. The summed E-state index contributed by atoms with van der Waals surface area (Å²) in [5.74, 6) is -0.241. The molecule has 0 unspecified atom stereocenters. The van der Waals surface area contributed by atoms with Crippen LogP contribution in [0.2, 0.25) is 5.02 Å². The molecule has 0 aliphatic heterocycles. The fraction of sp³-hybridized carbons (Fsp3) is 0.167. The van der Waals surface area contributed by atoms with Crippen molar-refractivity contribution in [3.8, 4) is 0 Å². The molecule has 0 atom stereocenters. The smallest absolute Gasteiger partial charge is 0.243 e. The Morgan fingerprint density at radius 2 is 1.88 bits per heavy atom. The minimum absolute atomic E-state index is 0.0367. The molecule has 138 valence electrons. The van der Waals surface area contributed by atoms with E-state index in [2.05, 4.69) is 17.2 Å². The number of benzene rings is 2. The van der Waals surface area contributed by atoms with Gasteiger partial charge in [-0.05, 0) is 42.5 Å². The Kier molecular flexibility index (Phi) is 6.79. The molecule has 0 aliphatic carbocycles. The summed E-state index contributed by atoms with van der Waals surface area (Å²) < 4.78 is 25.8. The van der Waals surface area contributed by atoms with E-state index in [1.165, 1.54) is 29.6 Å². The number of carbonyl (C=O) groups excluding carboxylic acids is 1. The minimum atomic E-state index is -3.55. The van der Waals surface area contributed by atoms with Gasteiger partial charge >= 0.3 is 0 Å². The fourth-order valence-electron chi connectivity index (χ4n) is 2.16. The SMILES string of the molecule is C=CCN(C)S(=O)(=O)c1ccc(NCC(=O)Nc2cccc(Cl)c2)cc1. The highest BCUT2D eigenvalue weighted by Crippen LogP contribution is 2.18. The van der Waals surface area contributed by atoms with E-state index in [1.54, 1.807) is 36.4 Å². The normalized spacial score (nSPS) is 11.2. The molecule has 2 aromatic rings. The molecule has 0 aromatic heterocycles. The molecule has 6 nitrogen and oxygen atoms in total. The van der Waals surface area contributed by atoms with Gasteiger partial charge in [0.25, 0.3) is 0 Å². The third-order valence-corrected chi connectivity index (χ3v) is 5.58. The van der Waals surface area contributed by atoms with Gasteiger partial charge in [-0.2, -0.15) is 4.31 Å². The standard InChI is InChI=1S/C18H20ClN3O3S/c1-3-11-22(2)26(24,25)17-9-7-15(8-10-17)20-13-18(23)21-16-6-4-5-14(19)12-16/h3-10,12,20H,1,11,13H2,2H3,(H,21,23). The van der Waals surface area contributed by atoms with Crippen molar-refractivity contribution >= 4 is 38.9 Å². The lowest BCUT2D eigenvalue weighted by Gasteiger charge is -2.15. The summed E-state index contributed by atoms with van der Waals surface area (Å²) in [5.41, 5.74) is 1.24. The first-order valence-corrected chi connectivity index (χ1v) is 9.61. The van der Waals surface area contributed by atoms with Gasteiger partial charge < -0.3 is 10.6 Å². The zero-order valence-electron chi connectivity index (χ0n) is 14.3. The Morgan fingerprint density at radius 1 is 1.19 bits per heavy atom. The molecule has 0 radical (unpaired) electrons. The first kappa shape index (κ1) is 20.0. The van der Waals surface area contributed by atoms with Crippen molar-refractivity contribution in [1.82, 2.24) is 4.31 Å². The van der Waals surface area contributed by atoms with Crippen LogP contribution in [-0.2, 0) is 14.8 Å². The lowest BCUT2D eigenvalue weighted by Crippen LogP contribution is -2.27. The van der Waals surface area contributed by atoms with E-state index in [4.69, 9.17) is 11.6 Å². The van der Waals surface area contributed by atoms with Crippen LogP contribution in [0, 0.1) is 0 Å². The van der Waals surface area contributed by atoms with Gasteiger partial charge in [-0.25, -0.2) is 8.42 Å². The van der Waals surface area contributed by atoms with Crippen LogP contribution in [0.5, 0.6) is 0 Å². The summed E-state index contributed by atoms with van der Waals surface area (Å²) >= 11 is 5.87. The molecule has 0 spiro atoms. The van der Waals surface area contributed by atoms with Crippen molar-refractivity contribution in [2.45, 2.75) is 4.90 Å². The van der Waals surface area contributed by atoms with Crippen molar-refractivity contribution in [2.75, 3.05) is 30.8 Å². The van der Waals surface area contributed by atoms with Gasteiger partial charge in [0, 0.05) is 30.0 Å². The maximum atomic E-state index is 12.3. The number of sulfonamides is 1. The van der Waals surface area contributed by atoms with Gasteiger partial charge in [0.05, 0.1) is 11.4 Å². The molecular weight excluding hydrogens is 374 g/mol. The summed E-state index contributed by atoms with van der Waals surface area (Å²) in [6.07, 6.45) is 1.52. The van der Waals surface area contributed by atoms with Crippen molar-refractivity contribution in [1.29, 1.82) is 0 Å². The number of rotatable bonds is 8. The van der Waals surface area contributed by atoms with Crippen LogP contribution in [0.15, 0.2) is 66.1 Å². The van der Waals surface area contributed by atoms with Gasteiger partial charge in [-0.15, -0.1) is 6.58 Å². The van der Waals surface area contributed by atoms with Gasteiger partial charge in [0.1, 0.15) is 0 Å². The Labute approximate surface area is 158 Å². The number of anilines is 2. The molecule has 2 N–H and O–H groups in total. The van der Waals surface area contributed by atoms with Gasteiger partial charge in [0.15, 0.2) is 0 Å². The Bertz CT molecular complexity index is 883. The van der Waals surface area contributed by atoms with E-state index >= 15 is 0 Å². The molecule has 26 heavy (non-hydrogen) atoms. The molecular formula is C18H20ClN3O3S. The van der Waals surface area contributed by atoms with Crippen LogP contribution in [0.1, 0.15) is 0 Å². The monoisotopic (exact) mass is 393 g/mol. The molecule has 8 heteroatoms. The van der Waals surface area contributed by atoms with Gasteiger partial charge in [-0.1, -0.05) is 23.7 Å². The van der Waals surface area contributed by atoms with Gasteiger partial charge in [-0.3, -0.25) is 4.79 Å². The summed E-state index contributed by atoms with van der Waals surface area (Å²) in [5, 5.41) is 6.20. The van der Waals surface area contributed by atoms with Crippen molar-refractivity contribution < 1.29 is 13.2 Å². The Hall–Kier alpha value is -2.35. The van der Waals surface area contributed by atoms with Crippen LogP contribution in [0.4, 0.5) is 11.4 Å². The van der Waals surface area contributed by atoms with E-state index in [0.29, 0.717) is 16.4 Å². The maximum absolute atomic E-state index is 12.3. The Balaban J connectivity index is 1.95. The molecule has 0 saturated carbocycles. The number of hydrogen-bond acceptors (Lipinski definition) is 4. The first-order valence-electron chi connectivity index (χ1n) is 7.79. The zero-order chi connectivity index (χ0) is 19.2. The van der Waals surface area contributed by atoms with Crippen LogP contribution in [0.3, 0.4) is 0 Å². The third-order valence-electron chi connectivity index (χ3n) is 3.51. The number of halogens is 1. The highest BCUT2D eigenvalue weighted by Gasteiger charge is 2.19.